The van der Waals surface area contributed by atoms with E-state index >= 15 is 0 Å². The fraction of sp³-hybridized carbons (Fsp3) is 0.429. The molecule has 0 bridgehead atoms. The van der Waals surface area contributed by atoms with Gasteiger partial charge in [0.1, 0.15) is 0 Å². The molecule has 2 rings (SSSR count). The SMILES string of the molecule is CNC(Cc1csc2ccccc12)C(OC)OC. The van der Waals surface area contributed by atoms with Crippen LogP contribution in [0.3, 0.4) is 0 Å². The van der Waals surface area contributed by atoms with Crippen molar-refractivity contribution < 1.29 is 9.47 Å². The highest BCUT2D eigenvalue weighted by atomic mass is 32.1. The summed E-state index contributed by atoms with van der Waals surface area (Å²) >= 11 is 1.78. The van der Waals surface area contributed by atoms with Gasteiger partial charge >= 0.3 is 0 Å². The summed E-state index contributed by atoms with van der Waals surface area (Å²) in [6.07, 6.45) is 0.668. The molecule has 0 aliphatic carbocycles. The zero-order valence-corrected chi connectivity index (χ0v) is 11.8. The molecule has 1 heterocycles. The van der Waals surface area contributed by atoms with E-state index in [-0.39, 0.29) is 12.3 Å². The van der Waals surface area contributed by atoms with Crippen LogP contribution < -0.4 is 5.32 Å². The highest BCUT2D eigenvalue weighted by Gasteiger charge is 2.20. The van der Waals surface area contributed by atoms with Crippen molar-refractivity contribution in [1.82, 2.24) is 5.32 Å². The third-order valence-corrected chi connectivity index (χ3v) is 4.18. The number of benzene rings is 1. The lowest BCUT2D eigenvalue weighted by Crippen LogP contribution is -2.41. The van der Waals surface area contributed by atoms with E-state index in [1.807, 2.05) is 7.05 Å². The summed E-state index contributed by atoms with van der Waals surface area (Å²) < 4.78 is 12.0. The zero-order chi connectivity index (χ0) is 13.0. The van der Waals surface area contributed by atoms with Crippen molar-refractivity contribution >= 4 is 21.4 Å². The van der Waals surface area contributed by atoms with Gasteiger partial charge in [-0.3, -0.25) is 0 Å². The number of fused-ring (bicyclic) bond motifs is 1. The number of rotatable bonds is 6. The Morgan fingerprint density at radius 1 is 1.22 bits per heavy atom. The second-order valence-electron chi connectivity index (χ2n) is 4.20. The molecule has 0 aliphatic heterocycles. The van der Waals surface area contributed by atoms with Crippen molar-refractivity contribution in [1.29, 1.82) is 0 Å². The molecule has 2 aromatic rings. The topological polar surface area (TPSA) is 30.5 Å². The fourth-order valence-corrected chi connectivity index (χ4v) is 3.16. The molecule has 1 aromatic heterocycles. The molecular weight excluding hydrogens is 246 g/mol. The Morgan fingerprint density at radius 3 is 2.61 bits per heavy atom. The molecule has 0 amide bonds. The van der Waals surface area contributed by atoms with Crippen molar-refractivity contribution in [3.8, 4) is 0 Å². The minimum atomic E-state index is -0.228. The maximum absolute atomic E-state index is 5.33. The monoisotopic (exact) mass is 265 g/mol. The highest BCUT2D eigenvalue weighted by Crippen LogP contribution is 2.27. The Balaban J connectivity index is 2.21. The standard InChI is InChI=1S/C14H19NO2S/c1-15-12(14(16-2)17-3)8-10-9-18-13-7-5-4-6-11(10)13/h4-7,9,12,14-15H,8H2,1-3H3. The Labute approximate surface area is 112 Å². The van der Waals surface area contributed by atoms with Gasteiger partial charge in [0.15, 0.2) is 6.29 Å². The van der Waals surface area contributed by atoms with Crippen molar-refractivity contribution in [2.24, 2.45) is 0 Å². The molecule has 18 heavy (non-hydrogen) atoms. The van der Waals surface area contributed by atoms with E-state index in [0.29, 0.717) is 0 Å². The summed E-state index contributed by atoms with van der Waals surface area (Å²) in [7, 11) is 5.28. The van der Waals surface area contributed by atoms with Gasteiger partial charge in [0.2, 0.25) is 0 Å². The van der Waals surface area contributed by atoms with Crippen LogP contribution in [0, 0.1) is 0 Å². The second kappa shape index (κ2) is 6.29. The van der Waals surface area contributed by atoms with Crippen LogP contribution in [0.5, 0.6) is 0 Å². The predicted molar refractivity (Wildman–Crippen MR) is 76.2 cm³/mol. The van der Waals surface area contributed by atoms with Gasteiger partial charge in [0.25, 0.3) is 0 Å². The number of nitrogens with one attached hydrogen (secondary N) is 1. The van der Waals surface area contributed by atoms with Crippen LogP contribution in [0.1, 0.15) is 5.56 Å². The van der Waals surface area contributed by atoms with Crippen LogP contribution in [0.4, 0.5) is 0 Å². The van der Waals surface area contributed by atoms with Crippen LogP contribution in [0.2, 0.25) is 0 Å². The molecule has 0 saturated heterocycles. The lowest BCUT2D eigenvalue weighted by molar-refractivity contribution is -0.121. The number of thiophene rings is 1. The van der Waals surface area contributed by atoms with Crippen molar-refractivity contribution in [2.45, 2.75) is 18.8 Å². The minimum Gasteiger partial charge on any atom is -0.354 e. The molecule has 1 N–H and O–H groups in total. The fourth-order valence-electron chi connectivity index (χ4n) is 2.19. The van der Waals surface area contributed by atoms with E-state index in [1.165, 1.54) is 15.6 Å². The van der Waals surface area contributed by atoms with E-state index in [0.717, 1.165) is 6.42 Å². The first-order chi connectivity index (χ1) is 8.80. The van der Waals surface area contributed by atoms with Crippen LogP contribution in [0.25, 0.3) is 10.1 Å². The van der Waals surface area contributed by atoms with E-state index in [4.69, 9.17) is 9.47 Å². The number of likely N-dealkylation sites (N-methyl/N-ethyl adjacent to an activating group) is 1. The molecule has 3 nitrogen and oxygen atoms in total. The lowest BCUT2D eigenvalue weighted by atomic mass is 10.0. The van der Waals surface area contributed by atoms with Gasteiger partial charge in [-0.15, -0.1) is 11.3 Å². The van der Waals surface area contributed by atoms with E-state index < -0.39 is 0 Å². The number of hydrogen-bond donors (Lipinski definition) is 1. The maximum atomic E-state index is 5.33. The lowest BCUT2D eigenvalue weighted by Gasteiger charge is -2.24. The summed E-state index contributed by atoms with van der Waals surface area (Å²) in [5.41, 5.74) is 1.34. The minimum absolute atomic E-state index is 0.151. The van der Waals surface area contributed by atoms with Crippen LogP contribution in [-0.2, 0) is 15.9 Å². The third kappa shape index (κ3) is 2.72. The molecule has 0 saturated carbocycles. The van der Waals surface area contributed by atoms with Gasteiger partial charge in [-0.1, -0.05) is 18.2 Å². The van der Waals surface area contributed by atoms with E-state index in [1.54, 1.807) is 25.6 Å². The smallest absolute Gasteiger partial charge is 0.172 e. The van der Waals surface area contributed by atoms with E-state index in [9.17, 15) is 0 Å². The average Bonchev–Trinajstić information content (AvgIpc) is 2.82. The second-order valence-corrected chi connectivity index (χ2v) is 5.11. The van der Waals surface area contributed by atoms with E-state index in [2.05, 4.69) is 35.0 Å². The number of ether oxygens (including phenoxy) is 2. The quantitative estimate of drug-likeness (QED) is 0.815. The largest absolute Gasteiger partial charge is 0.354 e. The van der Waals surface area contributed by atoms with Crippen molar-refractivity contribution in [2.75, 3.05) is 21.3 Å². The summed E-state index contributed by atoms with van der Waals surface area (Å²) in [4.78, 5) is 0. The maximum Gasteiger partial charge on any atom is 0.172 e. The number of hydrogen-bond acceptors (Lipinski definition) is 4. The zero-order valence-electron chi connectivity index (χ0n) is 11.0. The summed E-state index contributed by atoms with van der Waals surface area (Å²) in [6.45, 7) is 0. The van der Waals surface area contributed by atoms with Gasteiger partial charge in [-0.2, -0.15) is 0 Å². The van der Waals surface area contributed by atoms with Gasteiger partial charge < -0.3 is 14.8 Å². The third-order valence-electron chi connectivity index (χ3n) is 3.16. The van der Waals surface area contributed by atoms with Gasteiger partial charge in [0, 0.05) is 18.9 Å². The first-order valence-corrected chi connectivity index (χ1v) is 6.86. The Hall–Kier alpha value is -0.940. The molecular formula is C14H19NO2S. The summed E-state index contributed by atoms with van der Waals surface area (Å²) in [5.74, 6) is 0. The van der Waals surface area contributed by atoms with Gasteiger partial charge in [0.05, 0.1) is 6.04 Å². The normalized spacial score (nSPS) is 13.3. The van der Waals surface area contributed by atoms with Crippen LogP contribution >= 0.6 is 11.3 Å². The molecule has 4 heteroatoms. The summed E-state index contributed by atoms with van der Waals surface area (Å²) in [5, 5.41) is 6.81. The van der Waals surface area contributed by atoms with Crippen molar-refractivity contribution in [3.05, 3.63) is 35.2 Å². The molecule has 0 spiro atoms. The van der Waals surface area contributed by atoms with Gasteiger partial charge in [-0.05, 0) is 35.9 Å². The Morgan fingerprint density at radius 2 is 1.94 bits per heavy atom. The van der Waals surface area contributed by atoms with Crippen molar-refractivity contribution in [3.63, 3.8) is 0 Å². The highest BCUT2D eigenvalue weighted by molar-refractivity contribution is 7.17. The molecule has 1 atom stereocenters. The first kappa shape index (κ1) is 13.5. The Kier molecular flexibility index (Phi) is 4.72. The predicted octanol–water partition coefficient (Wildman–Crippen LogP) is 2.65. The van der Waals surface area contributed by atoms with Crippen LogP contribution in [-0.4, -0.2) is 33.6 Å². The Bertz CT molecular complexity index is 493. The molecule has 0 radical (unpaired) electrons. The van der Waals surface area contributed by atoms with Gasteiger partial charge in [-0.25, -0.2) is 0 Å². The molecule has 0 fully saturated rings. The first-order valence-electron chi connectivity index (χ1n) is 5.98. The molecule has 98 valence electrons. The molecule has 1 unspecified atom stereocenters. The van der Waals surface area contributed by atoms with Crippen LogP contribution in [0.15, 0.2) is 29.6 Å². The molecule has 0 aliphatic rings. The molecule has 1 aromatic carbocycles. The average molecular weight is 265 g/mol. The number of methoxy groups -OCH3 is 2. The summed E-state index contributed by atoms with van der Waals surface area (Å²) in [6, 6.07) is 8.63.